The Hall–Kier alpha value is -3.39. The van der Waals surface area contributed by atoms with Crippen molar-refractivity contribution in [1.82, 2.24) is 25.2 Å². The number of thioether (sulfide) groups is 1. The van der Waals surface area contributed by atoms with Crippen LogP contribution in [0.25, 0.3) is 0 Å². The van der Waals surface area contributed by atoms with Gasteiger partial charge in [0.05, 0.1) is 24.0 Å². The fraction of sp³-hybridized carbons (Fsp3) is 0.182. The van der Waals surface area contributed by atoms with Crippen LogP contribution in [-0.2, 0) is 18.8 Å². The smallest absolute Gasteiger partial charge is 0.254 e. The molecule has 0 saturated carbocycles. The molecule has 1 aromatic carbocycles. The van der Waals surface area contributed by atoms with Crippen LogP contribution in [-0.4, -0.2) is 25.8 Å². The maximum Gasteiger partial charge on any atom is 0.254 e. The minimum atomic E-state index is -0.169. The van der Waals surface area contributed by atoms with Crippen LogP contribution in [0, 0.1) is 6.92 Å². The molecule has 30 heavy (non-hydrogen) atoms. The van der Waals surface area contributed by atoms with E-state index in [2.05, 4.69) is 32.7 Å². The highest BCUT2D eigenvalue weighted by Crippen LogP contribution is 2.24. The molecule has 8 heteroatoms. The van der Waals surface area contributed by atoms with Gasteiger partial charge in [-0.25, -0.2) is 4.98 Å². The van der Waals surface area contributed by atoms with Gasteiger partial charge in [0.25, 0.3) is 5.91 Å². The maximum atomic E-state index is 12.7. The molecule has 0 aliphatic rings. The molecule has 4 aromatic rings. The number of nitrogens with zero attached hydrogens (tertiary/aromatic N) is 4. The quantitative estimate of drug-likeness (QED) is 0.437. The molecule has 0 spiro atoms. The summed E-state index contributed by atoms with van der Waals surface area (Å²) < 4.78 is 6.95. The van der Waals surface area contributed by atoms with Crippen molar-refractivity contribution in [2.75, 3.05) is 0 Å². The fourth-order valence-electron chi connectivity index (χ4n) is 2.94. The first kappa shape index (κ1) is 19.9. The predicted molar refractivity (Wildman–Crippen MR) is 114 cm³/mol. The van der Waals surface area contributed by atoms with Crippen molar-refractivity contribution in [2.45, 2.75) is 30.8 Å². The first-order valence-electron chi connectivity index (χ1n) is 9.51. The van der Waals surface area contributed by atoms with Gasteiger partial charge >= 0.3 is 0 Å². The minimum Gasteiger partial charge on any atom is -0.361 e. The minimum absolute atomic E-state index is 0.169. The first-order valence-corrected chi connectivity index (χ1v) is 10.5. The molecule has 0 fully saturated rings. The SMILES string of the molecule is Cc1cc(CSc2ncccc2C(=O)NCc2cnn(Cc3ccccc3)c2)no1. The van der Waals surface area contributed by atoms with Crippen molar-refractivity contribution in [3.8, 4) is 0 Å². The number of carbonyl (C=O) groups excluding carboxylic acids is 1. The van der Waals surface area contributed by atoms with Crippen molar-refractivity contribution < 1.29 is 9.32 Å². The number of amides is 1. The Morgan fingerprint density at radius 2 is 2.03 bits per heavy atom. The van der Waals surface area contributed by atoms with E-state index in [1.165, 1.54) is 17.3 Å². The van der Waals surface area contributed by atoms with Gasteiger partial charge in [-0.05, 0) is 24.6 Å². The van der Waals surface area contributed by atoms with E-state index in [9.17, 15) is 4.79 Å². The molecule has 0 aliphatic carbocycles. The summed E-state index contributed by atoms with van der Waals surface area (Å²) in [6, 6.07) is 15.5. The van der Waals surface area contributed by atoms with Crippen LogP contribution >= 0.6 is 11.8 Å². The van der Waals surface area contributed by atoms with E-state index in [4.69, 9.17) is 4.52 Å². The largest absolute Gasteiger partial charge is 0.361 e. The Bertz CT molecular complexity index is 1120. The molecule has 0 aliphatic heterocycles. The van der Waals surface area contributed by atoms with Gasteiger partial charge in [-0.15, -0.1) is 0 Å². The van der Waals surface area contributed by atoms with Crippen molar-refractivity contribution >= 4 is 17.7 Å². The van der Waals surface area contributed by atoms with Gasteiger partial charge in [-0.3, -0.25) is 9.48 Å². The summed E-state index contributed by atoms with van der Waals surface area (Å²) in [6.07, 6.45) is 5.40. The van der Waals surface area contributed by atoms with Crippen LogP contribution in [0.4, 0.5) is 0 Å². The van der Waals surface area contributed by atoms with Gasteiger partial charge in [-0.2, -0.15) is 5.10 Å². The van der Waals surface area contributed by atoms with Gasteiger partial charge in [0, 0.05) is 36.3 Å². The van der Waals surface area contributed by atoms with E-state index in [0.717, 1.165) is 17.0 Å². The van der Waals surface area contributed by atoms with Crippen LogP contribution in [0.5, 0.6) is 0 Å². The molecule has 152 valence electrons. The number of rotatable bonds is 8. The third-order valence-corrected chi connectivity index (χ3v) is 5.42. The van der Waals surface area contributed by atoms with E-state index in [1.807, 2.05) is 42.1 Å². The molecule has 3 heterocycles. The Morgan fingerprint density at radius 1 is 1.17 bits per heavy atom. The van der Waals surface area contributed by atoms with Crippen molar-refractivity contribution in [3.63, 3.8) is 0 Å². The fourth-order valence-corrected chi connectivity index (χ4v) is 3.81. The number of hydrogen-bond donors (Lipinski definition) is 1. The van der Waals surface area contributed by atoms with Crippen LogP contribution in [0.1, 0.15) is 32.9 Å². The zero-order chi connectivity index (χ0) is 20.8. The Morgan fingerprint density at radius 3 is 2.83 bits per heavy atom. The monoisotopic (exact) mass is 419 g/mol. The van der Waals surface area contributed by atoms with Crippen LogP contribution < -0.4 is 5.32 Å². The van der Waals surface area contributed by atoms with Crippen LogP contribution in [0.3, 0.4) is 0 Å². The second-order valence-corrected chi connectivity index (χ2v) is 7.75. The lowest BCUT2D eigenvalue weighted by atomic mass is 10.2. The van der Waals surface area contributed by atoms with Crippen LogP contribution in [0.2, 0.25) is 0 Å². The highest BCUT2D eigenvalue weighted by atomic mass is 32.2. The Labute approximate surface area is 178 Å². The lowest BCUT2D eigenvalue weighted by Gasteiger charge is -2.08. The number of aromatic nitrogens is 4. The van der Waals surface area contributed by atoms with Gasteiger partial charge in [0.1, 0.15) is 10.8 Å². The van der Waals surface area contributed by atoms with Crippen LogP contribution in [0.15, 0.2) is 76.7 Å². The summed E-state index contributed by atoms with van der Waals surface area (Å²) in [5, 5.41) is 12.0. The molecule has 0 saturated heterocycles. The van der Waals surface area contributed by atoms with Crippen molar-refractivity contribution in [2.24, 2.45) is 0 Å². The molecular weight excluding hydrogens is 398 g/mol. The Kier molecular flexibility index (Phi) is 6.24. The van der Waals surface area contributed by atoms with Gasteiger partial charge in [0.15, 0.2) is 0 Å². The standard InChI is InChI=1S/C22H21N5O2S/c1-16-10-19(26-29-16)15-30-22-20(8-5-9-23-22)21(28)24-11-18-12-25-27(14-18)13-17-6-3-2-4-7-17/h2-10,12,14H,11,13,15H2,1H3,(H,24,28). The summed E-state index contributed by atoms with van der Waals surface area (Å²) in [6.45, 7) is 2.94. The summed E-state index contributed by atoms with van der Waals surface area (Å²) >= 11 is 1.46. The zero-order valence-corrected chi connectivity index (χ0v) is 17.3. The average molecular weight is 420 g/mol. The third-order valence-electron chi connectivity index (χ3n) is 4.38. The average Bonchev–Trinajstić information content (AvgIpc) is 3.40. The maximum absolute atomic E-state index is 12.7. The second-order valence-electron chi connectivity index (χ2n) is 6.79. The summed E-state index contributed by atoms with van der Waals surface area (Å²) in [7, 11) is 0. The van der Waals surface area contributed by atoms with Crippen molar-refractivity contribution in [1.29, 1.82) is 0 Å². The van der Waals surface area contributed by atoms with E-state index in [1.54, 1.807) is 24.5 Å². The van der Waals surface area contributed by atoms with Gasteiger partial charge in [0.2, 0.25) is 0 Å². The summed E-state index contributed by atoms with van der Waals surface area (Å²) in [5.74, 6) is 1.18. The number of nitrogens with one attached hydrogen (secondary N) is 1. The van der Waals surface area contributed by atoms with E-state index in [-0.39, 0.29) is 5.91 Å². The second kappa shape index (κ2) is 9.41. The van der Waals surface area contributed by atoms with Gasteiger partial charge in [-0.1, -0.05) is 47.3 Å². The molecule has 4 rings (SSSR count). The van der Waals surface area contributed by atoms with E-state index in [0.29, 0.717) is 29.4 Å². The highest BCUT2D eigenvalue weighted by molar-refractivity contribution is 7.98. The number of aryl methyl sites for hydroxylation is 1. The van der Waals surface area contributed by atoms with E-state index >= 15 is 0 Å². The molecular formula is C22H21N5O2S. The molecule has 1 amide bonds. The van der Waals surface area contributed by atoms with Gasteiger partial charge < -0.3 is 9.84 Å². The topological polar surface area (TPSA) is 85.8 Å². The number of benzene rings is 1. The number of carbonyl (C=O) groups is 1. The Balaban J connectivity index is 1.35. The molecule has 3 aromatic heterocycles. The number of hydrogen-bond acceptors (Lipinski definition) is 6. The lowest BCUT2D eigenvalue weighted by Crippen LogP contribution is -2.23. The van der Waals surface area contributed by atoms with E-state index < -0.39 is 0 Å². The third kappa shape index (κ3) is 5.15. The molecule has 0 atom stereocenters. The zero-order valence-electron chi connectivity index (χ0n) is 16.5. The highest BCUT2D eigenvalue weighted by Gasteiger charge is 2.14. The molecule has 0 bridgehead atoms. The molecule has 7 nitrogen and oxygen atoms in total. The summed E-state index contributed by atoms with van der Waals surface area (Å²) in [4.78, 5) is 17.1. The lowest BCUT2D eigenvalue weighted by molar-refractivity contribution is 0.0947. The molecule has 0 radical (unpaired) electrons. The van der Waals surface area contributed by atoms with Crippen molar-refractivity contribution in [3.05, 3.63) is 95.3 Å². The predicted octanol–water partition coefficient (Wildman–Crippen LogP) is 3.85. The normalized spacial score (nSPS) is 10.8. The molecule has 1 N–H and O–H groups in total. The molecule has 0 unspecified atom stereocenters. The number of pyridine rings is 1. The first-order chi connectivity index (χ1) is 14.7. The summed E-state index contributed by atoms with van der Waals surface area (Å²) in [5.41, 5.74) is 3.48.